The van der Waals surface area contributed by atoms with E-state index in [1.807, 2.05) is 55.5 Å². The Balaban J connectivity index is 1.48. The van der Waals surface area contributed by atoms with Crippen LogP contribution in [0.2, 0.25) is 0 Å². The van der Waals surface area contributed by atoms with Crippen molar-refractivity contribution in [2.24, 2.45) is 0 Å². The third kappa shape index (κ3) is 4.66. The average Bonchev–Trinajstić information content (AvgIpc) is 3.17. The molecule has 4 rings (SSSR count). The van der Waals surface area contributed by atoms with Crippen LogP contribution < -0.4 is 15.4 Å². The summed E-state index contributed by atoms with van der Waals surface area (Å²) in [5.41, 5.74) is 2.60. The summed E-state index contributed by atoms with van der Waals surface area (Å²) in [6, 6.07) is 15.4. The van der Waals surface area contributed by atoms with Gasteiger partial charge in [-0.05, 0) is 30.7 Å². The lowest BCUT2D eigenvalue weighted by Gasteiger charge is -2.13. The topological polar surface area (TPSA) is 85.1 Å². The third-order valence-electron chi connectivity index (χ3n) is 4.71. The average molecular weight is 415 g/mol. The standard InChI is InChI=1S/C24H25N5O2/c1-15-8-6-11-19-22(15)23(26-14-25-19)30-18-10-7-9-17(12-18)27-16(2)28-21-13-20(31-29-21)24(3,4)5/h6-14,27H,2H2,1,3-5H3,(H,28,29). The number of nitrogens with one attached hydrogen (secondary N) is 2. The molecule has 7 nitrogen and oxygen atoms in total. The van der Waals surface area contributed by atoms with Crippen molar-refractivity contribution in [1.29, 1.82) is 0 Å². The van der Waals surface area contributed by atoms with Crippen molar-refractivity contribution in [2.75, 3.05) is 10.6 Å². The molecule has 0 fully saturated rings. The van der Waals surface area contributed by atoms with Crippen LogP contribution in [-0.4, -0.2) is 15.1 Å². The molecule has 4 aromatic rings. The van der Waals surface area contributed by atoms with Gasteiger partial charge in [-0.3, -0.25) is 0 Å². The molecular formula is C24H25N5O2. The van der Waals surface area contributed by atoms with Gasteiger partial charge in [-0.15, -0.1) is 0 Å². The molecule has 0 aliphatic heterocycles. The first-order chi connectivity index (χ1) is 14.8. The second-order valence-electron chi connectivity index (χ2n) is 8.33. The van der Waals surface area contributed by atoms with Gasteiger partial charge >= 0.3 is 0 Å². The fourth-order valence-electron chi connectivity index (χ4n) is 3.12. The Labute approximate surface area is 181 Å². The van der Waals surface area contributed by atoms with E-state index >= 15 is 0 Å². The first kappa shape index (κ1) is 20.4. The van der Waals surface area contributed by atoms with E-state index in [4.69, 9.17) is 9.26 Å². The summed E-state index contributed by atoms with van der Waals surface area (Å²) in [6.45, 7) is 12.2. The molecule has 0 amide bonds. The van der Waals surface area contributed by atoms with Crippen LogP contribution in [0.25, 0.3) is 10.9 Å². The Morgan fingerprint density at radius 1 is 1.03 bits per heavy atom. The number of fused-ring (bicyclic) bond motifs is 1. The van der Waals surface area contributed by atoms with Gasteiger partial charge in [0.1, 0.15) is 23.7 Å². The summed E-state index contributed by atoms with van der Waals surface area (Å²) >= 11 is 0. The predicted octanol–water partition coefficient (Wildman–Crippen LogP) is 6.01. The number of rotatable bonds is 6. The van der Waals surface area contributed by atoms with E-state index in [9.17, 15) is 0 Å². The number of hydrogen-bond acceptors (Lipinski definition) is 7. The highest BCUT2D eigenvalue weighted by molar-refractivity contribution is 5.86. The molecule has 0 aliphatic carbocycles. The zero-order valence-corrected chi connectivity index (χ0v) is 18.1. The number of hydrogen-bond donors (Lipinski definition) is 2. The minimum atomic E-state index is -0.114. The lowest BCUT2D eigenvalue weighted by molar-refractivity contribution is 0.331. The molecule has 0 bridgehead atoms. The Kier molecular flexibility index (Phi) is 5.33. The highest BCUT2D eigenvalue weighted by atomic mass is 16.5. The van der Waals surface area contributed by atoms with Gasteiger partial charge in [0.15, 0.2) is 5.82 Å². The second kappa shape index (κ2) is 8.10. The van der Waals surface area contributed by atoms with Gasteiger partial charge in [-0.25, -0.2) is 9.97 Å². The molecule has 2 aromatic carbocycles. The van der Waals surface area contributed by atoms with Gasteiger partial charge in [0.25, 0.3) is 0 Å². The Morgan fingerprint density at radius 2 is 1.84 bits per heavy atom. The number of nitrogens with zero attached hydrogens (tertiary/aromatic N) is 3. The van der Waals surface area contributed by atoms with E-state index in [2.05, 4.69) is 53.1 Å². The molecule has 2 aromatic heterocycles. The molecule has 0 spiro atoms. The molecule has 31 heavy (non-hydrogen) atoms. The van der Waals surface area contributed by atoms with E-state index in [0.29, 0.717) is 23.3 Å². The first-order valence-electron chi connectivity index (χ1n) is 9.98. The fourth-order valence-corrected chi connectivity index (χ4v) is 3.12. The van der Waals surface area contributed by atoms with Crippen LogP contribution in [0.5, 0.6) is 11.6 Å². The van der Waals surface area contributed by atoms with Crippen LogP contribution in [0.15, 0.2) is 71.8 Å². The minimum absolute atomic E-state index is 0.114. The normalized spacial score (nSPS) is 11.4. The van der Waals surface area contributed by atoms with Crippen LogP contribution >= 0.6 is 0 Å². The van der Waals surface area contributed by atoms with E-state index in [0.717, 1.165) is 27.9 Å². The molecule has 158 valence electrons. The van der Waals surface area contributed by atoms with Crippen molar-refractivity contribution in [3.8, 4) is 11.6 Å². The van der Waals surface area contributed by atoms with Crippen LogP contribution in [0.4, 0.5) is 11.5 Å². The summed E-state index contributed by atoms with van der Waals surface area (Å²) in [7, 11) is 0. The smallest absolute Gasteiger partial charge is 0.230 e. The van der Waals surface area contributed by atoms with Crippen LogP contribution in [0, 0.1) is 6.92 Å². The van der Waals surface area contributed by atoms with Crippen molar-refractivity contribution in [3.63, 3.8) is 0 Å². The molecule has 0 radical (unpaired) electrons. The molecule has 0 aliphatic rings. The largest absolute Gasteiger partial charge is 0.438 e. The minimum Gasteiger partial charge on any atom is -0.438 e. The monoisotopic (exact) mass is 415 g/mol. The van der Waals surface area contributed by atoms with Crippen LogP contribution in [0.1, 0.15) is 32.1 Å². The zero-order valence-electron chi connectivity index (χ0n) is 18.1. The number of benzene rings is 2. The SMILES string of the molecule is C=C(Nc1cccc(Oc2ncnc3cccc(C)c23)c1)Nc1cc(C(C)(C)C)on1. The van der Waals surface area contributed by atoms with Gasteiger partial charge in [0.05, 0.1) is 10.9 Å². The van der Waals surface area contributed by atoms with E-state index in [1.54, 1.807) is 0 Å². The van der Waals surface area contributed by atoms with Crippen molar-refractivity contribution < 1.29 is 9.26 Å². The molecule has 0 saturated carbocycles. The van der Waals surface area contributed by atoms with Crippen molar-refractivity contribution in [3.05, 3.63) is 78.6 Å². The lowest BCUT2D eigenvalue weighted by Crippen LogP contribution is -2.10. The summed E-state index contributed by atoms with van der Waals surface area (Å²) < 4.78 is 11.5. The van der Waals surface area contributed by atoms with Crippen LogP contribution in [-0.2, 0) is 5.41 Å². The summed E-state index contributed by atoms with van der Waals surface area (Å²) in [5.74, 6) is 3.13. The molecule has 7 heteroatoms. The van der Waals surface area contributed by atoms with E-state index < -0.39 is 0 Å². The van der Waals surface area contributed by atoms with E-state index in [1.165, 1.54) is 6.33 Å². The summed E-state index contributed by atoms with van der Waals surface area (Å²) in [5, 5.41) is 11.3. The molecular weight excluding hydrogens is 390 g/mol. The molecule has 0 atom stereocenters. The van der Waals surface area contributed by atoms with Gasteiger partial charge in [0, 0.05) is 23.2 Å². The summed E-state index contributed by atoms with van der Waals surface area (Å²) in [6.07, 6.45) is 1.51. The molecule has 0 saturated heterocycles. The predicted molar refractivity (Wildman–Crippen MR) is 122 cm³/mol. The highest BCUT2D eigenvalue weighted by Gasteiger charge is 2.19. The van der Waals surface area contributed by atoms with Gasteiger partial charge in [-0.1, -0.05) is 50.7 Å². The number of aryl methyl sites for hydroxylation is 1. The number of ether oxygens (including phenoxy) is 1. The quantitative estimate of drug-likeness (QED) is 0.399. The first-order valence-corrected chi connectivity index (χ1v) is 9.98. The Hall–Kier alpha value is -3.87. The third-order valence-corrected chi connectivity index (χ3v) is 4.71. The summed E-state index contributed by atoms with van der Waals surface area (Å²) in [4.78, 5) is 8.65. The van der Waals surface area contributed by atoms with Crippen molar-refractivity contribution >= 4 is 22.4 Å². The zero-order chi connectivity index (χ0) is 22.0. The van der Waals surface area contributed by atoms with Crippen molar-refractivity contribution in [2.45, 2.75) is 33.1 Å². The number of anilines is 2. The maximum absolute atomic E-state index is 6.09. The van der Waals surface area contributed by atoms with Crippen LogP contribution in [0.3, 0.4) is 0 Å². The molecule has 2 N–H and O–H groups in total. The Morgan fingerprint density at radius 3 is 2.61 bits per heavy atom. The maximum atomic E-state index is 6.09. The fraction of sp³-hybridized carbons (Fsp3) is 0.208. The second-order valence-corrected chi connectivity index (χ2v) is 8.33. The van der Waals surface area contributed by atoms with Gasteiger partial charge < -0.3 is 19.9 Å². The Bertz CT molecular complexity index is 1230. The molecule has 2 heterocycles. The maximum Gasteiger partial charge on any atom is 0.230 e. The van der Waals surface area contributed by atoms with Gasteiger partial charge in [0.2, 0.25) is 5.88 Å². The molecule has 0 unspecified atom stereocenters. The van der Waals surface area contributed by atoms with Gasteiger partial charge in [-0.2, -0.15) is 0 Å². The number of aromatic nitrogens is 3. The van der Waals surface area contributed by atoms with E-state index in [-0.39, 0.29) is 5.41 Å². The lowest BCUT2D eigenvalue weighted by atomic mass is 9.93. The van der Waals surface area contributed by atoms with Crippen molar-refractivity contribution in [1.82, 2.24) is 15.1 Å². The highest BCUT2D eigenvalue weighted by Crippen LogP contribution is 2.30.